The standard InChI is InChI=1S/C15H17N3O3/c1-20-14(19)12-7-9-18(10-8-12)15-17-16-13(21-15)11-5-3-2-4-6-11/h2-6,12H,7-10H2,1H3. The Morgan fingerprint density at radius 1 is 1.24 bits per heavy atom. The fraction of sp³-hybridized carbons (Fsp3) is 0.400. The molecule has 21 heavy (non-hydrogen) atoms. The highest BCUT2D eigenvalue weighted by atomic mass is 16.5. The predicted octanol–water partition coefficient (Wildman–Crippen LogP) is 2.13. The molecule has 0 spiro atoms. The first-order chi connectivity index (χ1) is 10.3. The van der Waals surface area contributed by atoms with Crippen LogP contribution in [-0.4, -0.2) is 36.4 Å². The quantitative estimate of drug-likeness (QED) is 0.805. The van der Waals surface area contributed by atoms with Crippen LogP contribution in [-0.2, 0) is 9.53 Å². The minimum absolute atomic E-state index is 0.0252. The lowest BCUT2D eigenvalue weighted by atomic mass is 9.97. The molecular weight excluding hydrogens is 270 g/mol. The molecule has 0 radical (unpaired) electrons. The maximum atomic E-state index is 11.5. The molecular formula is C15H17N3O3. The van der Waals surface area contributed by atoms with Crippen LogP contribution in [0.15, 0.2) is 34.7 Å². The molecule has 6 nitrogen and oxygen atoms in total. The number of methoxy groups -OCH3 is 1. The summed E-state index contributed by atoms with van der Waals surface area (Å²) in [5, 5.41) is 8.18. The van der Waals surface area contributed by atoms with Crippen LogP contribution in [0.25, 0.3) is 11.5 Å². The van der Waals surface area contributed by atoms with Crippen molar-refractivity contribution in [2.45, 2.75) is 12.8 Å². The second-order valence-electron chi connectivity index (χ2n) is 5.04. The van der Waals surface area contributed by atoms with Crippen LogP contribution in [0.5, 0.6) is 0 Å². The minimum Gasteiger partial charge on any atom is -0.469 e. The van der Waals surface area contributed by atoms with Gasteiger partial charge in [0.25, 0.3) is 0 Å². The van der Waals surface area contributed by atoms with Crippen LogP contribution in [0.1, 0.15) is 12.8 Å². The van der Waals surface area contributed by atoms with Gasteiger partial charge in [-0.05, 0) is 25.0 Å². The summed E-state index contributed by atoms with van der Waals surface area (Å²) < 4.78 is 10.5. The zero-order chi connectivity index (χ0) is 14.7. The van der Waals surface area contributed by atoms with E-state index in [2.05, 4.69) is 10.2 Å². The van der Waals surface area contributed by atoms with E-state index in [-0.39, 0.29) is 11.9 Å². The summed E-state index contributed by atoms with van der Waals surface area (Å²) in [6.45, 7) is 1.44. The number of anilines is 1. The van der Waals surface area contributed by atoms with E-state index in [0.717, 1.165) is 31.5 Å². The molecule has 0 N–H and O–H groups in total. The normalized spacial score (nSPS) is 16.0. The van der Waals surface area contributed by atoms with E-state index < -0.39 is 0 Å². The Morgan fingerprint density at radius 2 is 1.95 bits per heavy atom. The van der Waals surface area contributed by atoms with Crippen molar-refractivity contribution >= 4 is 12.0 Å². The molecule has 1 aliphatic rings. The summed E-state index contributed by atoms with van der Waals surface area (Å²) in [7, 11) is 1.43. The first-order valence-corrected chi connectivity index (χ1v) is 6.99. The van der Waals surface area contributed by atoms with E-state index in [1.54, 1.807) is 0 Å². The van der Waals surface area contributed by atoms with Gasteiger partial charge in [0.1, 0.15) is 0 Å². The third-order valence-corrected chi connectivity index (χ3v) is 3.74. The number of hydrogen-bond donors (Lipinski definition) is 0. The topological polar surface area (TPSA) is 68.5 Å². The number of esters is 1. The third-order valence-electron chi connectivity index (χ3n) is 3.74. The van der Waals surface area contributed by atoms with Gasteiger partial charge in [-0.15, -0.1) is 5.10 Å². The van der Waals surface area contributed by atoms with Crippen LogP contribution in [0.4, 0.5) is 6.01 Å². The molecule has 3 rings (SSSR count). The van der Waals surface area contributed by atoms with Crippen molar-refractivity contribution in [1.29, 1.82) is 0 Å². The smallest absolute Gasteiger partial charge is 0.318 e. The third kappa shape index (κ3) is 2.89. The van der Waals surface area contributed by atoms with Crippen LogP contribution in [0, 0.1) is 5.92 Å². The summed E-state index contributed by atoms with van der Waals surface area (Å²) in [6, 6.07) is 10.2. The Hall–Kier alpha value is -2.37. The lowest BCUT2D eigenvalue weighted by molar-refractivity contribution is -0.146. The first-order valence-electron chi connectivity index (χ1n) is 6.99. The van der Waals surface area contributed by atoms with E-state index >= 15 is 0 Å². The van der Waals surface area contributed by atoms with Crippen molar-refractivity contribution in [3.05, 3.63) is 30.3 Å². The largest absolute Gasteiger partial charge is 0.469 e. The zero-order valence-corrected chi connectivity index (χ0v) is 11.9. The number of aromatic nitrogens is 2. The van der Waals surface area contributed by atoms with Gasteiger partial charge in [0.05, 0.1) is 13.0 Å². The van der Waals surface area contributed by atoms with Gasteiger partial charge >= 0.3 is 12.0 Å². The van der Waals surface area contributed by atoms with Crippen molar-refractivity contribution in [2.75, 3.05) is 25.1 Å². The van der Waals surface area contributed by atoms with E-state index in [9.17, 15) is 4.79 Å². The molecule has 0 amide bonds. The molecule has 6 heteroatoms. The van der Waals surface area contributed by atoms with Crippen LogP contribution in [0.2, 0.25) is 0 Å². The number of hydrogen-bond acceptors (Lipinski definition) is 6. The molecule has 0 atom stereocenters. The van der Waals surface area contributed by atoms with Gasteiger partial charge in [0, 0.05) is 18.7 Å². The average molecular weight is 287 g/mol. The Kier molecular flexibility index (Phi) is 3.85. The van der Waals surface area contributed by atoms with Crippen LogP contribution in [0.3, 0.4) is 0 Å². The SMILES string of the molecule is COC(=O)C1CCN(c2nnc(-c3ccccc3)o2)CC1. The highest BCUT2D eigenvalue weighted by Crippen LogP contribution is 2.26. The van der Waals surface area contributed by atoms with E-state index in [1.165, 1.54) is 7.11 Å². The average Bonchev–Trinajstić information content (AvgIpc) is 3.05. The second kappa shape index (κ2) is 5.95. The first kappa shape index (κ1) is 13.6. The molecule has 0 saturated carbocycles. The summed E-state index contributed by atoms with van der Waals surface area (Å²) in [4.78, 5) is 13.5. The number of rotatable bonds is 3. The zero-order valence-electron chi connectivity index (χ0n) is 11.9. The molecule has 2 aromatic rings. The van der Waals surface area contributed by atoms with Crippen molar-refractivity contribution in [1.82, 2.24) is 10.2 Å². The van der Waals surface area contributed by atoms with E-state index in [1.807, 2.05) is 35.2 Å². The summed E-state index contributed by atoms with van der Waals surface area (Å²) >= 11 is 0. The fourth-order valence-corrected chi connectivity index (χ4v) is 2.51. The Balaban J connectivity index is 1.67. The van der Waals surface area contributed by atoms with Gasteiger partial charge in [-0.25, -0.2) is 0 Å². The maximum absolute atomic E-state index is 11.5. The Morgan fingerprint density at radius 3 is 2.62 bits per heavy atom. The van der Waals surface area contributed by atoms with Crippen molar-refractivity contribution in [3.63, 3.8) is 0 Å². The van der Waals surface area contributed by atoms with Crippen molar-refractivity contribution in [3.8, 4) is 11.5 Å². The molecule has 1 saturated heterocycles. The summed E-state index contributed by atoms with van der Waals surface area (Å²) in [6.07, 6.45) is 1.49. The van der Waals surface area contributed by atoms with Crippen LogP contribution < -0.4 is 4.90 Å². The van der Waals surface area contributed by atoms with Gasteiger partial charge in [-0.1, -0.05) is 23.3 Å². The molecule has 2 heterocycles. The lowest BCUT2D eigenvalue weighted by Gasteiger charge is -2.28. The molecule has 1 aromatic heterocycles. The molecule has 1 fully saturated rings. The summed E-state index contributed by atoms with van der Waals surface area (Å²) in [5.74, 6) is 0.355. The number of carbonyl (C=O) groups excluding carboxylic acids is 1. The number of carbonyl (C=O) groups is 1. The fourth-order valence-electron chi connectivity index (χ4n) is 2.51. The number of nitrogens with zero attached hydrogens (tertiary/aromatic N) is 3. The monoisotopic (exact) mass is 287 g/mol. The van der Waals surface area contributed by atoms with E-state index in [0.29, 0.717) is 11.9 Å². The highest BCUT2D eigenvalue weighted by Gasteiger charge is 2.27. The summed E-state index contributed by atoms with van der Waals surface area (Å²) in [5.41, 5.74) is 0.903. The molecule has 110 valence electrons. The molecule has 0 unspecified atom stereocenters. The maximum Gasteiger partial charge on any atom is 0.318 e. The Bertz CT molecular complexity index is 604. The number of piperidine rings is 1. The predicted molar refractivity (Wildman–Crippen MR) is 76.7 cm³/mol. The van der Waals surface area contributed by atoms with Gasteiger partial charge < -0.3 is 14.1 Å². The van der Waals surface area contributed by atoms with Gasteiger partial charge in [-0.3, -0.25) is 4.79 Å². The highest BCUT2D eigenvalue weighted by molar-refractivity contribution is 5.72. The van der Waals surface area contributed by atoms with E-state index in [4.69, 9.17) is 9.15 Å². The molecule has 0 aliphatic carbocycles. The second-order valence-corrected chi connectivity index (χ2v) is 5.04. The van der Waals surface area contributed by atoms with Crippen LogP contribution >= 0.6 is 0 Å². The van der Waals surface area contributed by atoms with Gasteiger partial charge in [0.15, 0.2) is 0 Å². The van der Waals surface area contributed by atoms with Crippen molar-refractivity contribution < 1.29 is 13.9 Å². The molecule has 0 bridgehead atoms. The minimum atomic E-state index is -0.134. The lowest BCUT2D eigenvalue weighted by Crippen LogP contribution is -2.36. The molecule has 1 aliphatic heterocycles. The number of ether oxygens (including phenoxy) is 1. The van der Waals surface area contributed by atoms with Crippen molar-refractivity contribution in [2.24, 2.45) is 5.92 Å². The number of benzene rings is 1. The van der Waals surface area contributed by atoms with Gasteiger partial charge in [0.2, 0.25) is 5.89 Å². The molecule has 1 aromatic carbocycles. The Labute approximate surface area is 122 Å². The van der Waals surface area contributed by atoms with Gasteiger partial charge in [-0.2, -0.15) is 0 Å².